The fourth-order valence-electron chi connectivity index (χ4n) is 5.94. The highest BCUT2D eigenvalue weighted by Gasteiger charge is 2.31. The summed E-state index contributed by atoms with van der Waals surface area (Å²) in [5.74, 6) is -1.51. The summed E-state index contributed by atoms with van der Waals surface area (Å²) in [5, 5.41) is 9.59. The zero-order valence-electron chi connectivity index (χ0n) is 34.3. The molecular formula is C44H80NO7+. The van der Waals surface area contributed by atoms with Gasteiger partial charge >= 0.3 is 17.9 Å². The molecule has 0 radical (unpaired) electrons. The fraction of sp³-hybridized carbons (Fsp3) is 0.795. The molecule has 0 saturated carbocycles. The Labute approximate surface area is 319 Å². The van der Waals surface area contributed by atoms with Gasteiger partial charge in [-0.3, -0.25) is 9.59 Å². The predicted octanol–water partition coefficient (Wildman–Crippen LogP) is 11.1. The van der Waals surface area contributed by atoms with E-state index in [4.69, 9.17) is 14.2 Å². The molecule has 0 aromatic rings. The van der Waals surface area contributed by atoms with Crippen molar-refractivity contribution < 1.29 is 38.2 Å². The maximum atomic E-state index is 12.6. The average molecular weight is 735 g/mol. The van der Waals surface area contributed by atoms with Gasteiger partial charge in [0.2, 0.25) is 0 Å². The zero-order chi connectivity index (χ0) is 38.5. The molecule has 0 aliphatic rings. The van der Waals surface area contributed by atoms with E-state index in [0.29, 0.717) is 19.3 Å². The normalized spacial score (nSPS) is 13.3. The lowest BCUT2D eigenvalue weighted by Gasteiger charge is -2.31. The number of carbonyl (C=O) groups excluding carboxylic acids is 2. The molecule has 0 aromatic heterocycles. The first kappa shape index (κ1) is 49.6. The van der Waals surface area contributed by atoms with Crippen molar-refractivity contribution in [2.24, 2.45) is 0 Å². The molecule has 0 rings (SSSR count). The number of carboxylic acid groups (broad SMARTS) is 1. The van der Waals surface area contributed by atoms with E-state index in [1.165, 1.54) is 89.9 Å². The van der Waals surface area contributed by atoms with Crippen LogP contribution in [0, 0.1) is 0 Å². The van der Waals surface area contributed by atoms with Crippen LogP contribution in [-0.2, 0) is 28.6 Å². The van der Waals surface area contributed by atoms with E-state index < -0.39 is 18.1 Å². The molecule has 2 unspecified atom stereocenters. The average Bonchev–Trinajstić information content (AvgIpc) is 3.09. The Morgan fingerprint density at radius 2 is 1.04 bits per heavy atom. The van der Waals surface area contributed by atoms with E-state index in [9.17, 15) is 19.5 Å². The van der Waals surface area contributed by atoms with E-state index in [0.717, 1.165) is 51.4 Å². The molecule has 8 heteroatoms. The maximum Gasteiger partial charge on any atom is 0.362 e. The van der Waals surface area contributed by atoms with E-state index in [-0.39, 0.29) is 36.2 Å². The smallest absolute Gasteiger partial charge is 0.362 e. The van der Waals surface area contributed by atoms with Gasteiger partial charge in [0.25, 0.3) is 0 Å². The summed E-state index contributed by atoms with van der Waals surface area (Å²) in [4.78, 5) is 36.8. The number of ether oxygens (including phenoxy) is 3. The quantitative estimate of drug-likeness (QED) is 0.0223. The van der Waals surface area contributed by atoms with Crippen molar-refractivity contribution in [2.75, 3.05) is 41.0 Å². The number of likely N-dealkylation sites (N-methyl/N-ethyl adjacent to an activating group) is 1. The standard InChI is InChI=1S/C44H79NO7/c1-6-8-10-12-14-16-18-19-20-21-22-23-25-26-28-30-32-34-42(46)51-39-40(38-50-37-36-41(44(48)49)45(3,4)5)52-43(47)35-33-31-29-27-24-17-15-13-11-9-7-2/h13,15,17,19-20,24,40-41H,6-12,14,16,18,21-23,25-39H2,1-5H3/p+1/b15-13+,20-19+,24-17+. The van der Waals surface area contributed by atoms with Crippen LogP contribution in [0.1, 0.15) is 174 Å². The van der Waals surface area contributed by atoms with Crippen molar-refractivity contribution in [3.63, 3.8) is 0 Å². The minimum absolute atomic E-state index is 0.0496. The summed E-state index contributed by atoms with van der Waals surface area (Å²) in [5.41, 5.74) is 0. The van der Waals surface area contributed by atoms with Gasteiger partial charge in [-0.2, -0.15) is 0 Å². The fourth-order valence-corrected chi connectivity index (χ4v) is 5.94. The minimum Gasteiger partial charge on any atom is -0.477 e. The molecule has 302 valence electrons. The molecule has 8 nitrogen and oxygen atoms in total. The second kappa shape index (κ2) is 35.6. The Bertz CT molecular complexity index is 953. The SMILES string of the molecule is CCCC/C=C/C=C/CCCCCC(=O)OC(COCCC(C(=O)O)[N+](C)(C)C)COC(=O)CCCCCCCCC/C=C/CCCCCCCC. The van der Waals surface area contributed by atoms with Crippen molar-refractivity contribution in [2.45, 2.75) is 187 Å². The third-order valence-corrected chi connectivity index (χ3v) is 9.29. The van der Waals surface area contributed by atoms with E-state index in [1.807, 2.05) is 21.1 Å². The van der Waals surface area contributed by atoms with Gasteiger partial charge in [-0.15, -0.1) is 0 Å². The van der Waals surface area contributed by atoms with Crippen LogP contribution in [0.2, 0.25) is 0 Å². The molecule has 52 heavy (non-hydrogen) atoms. The number of unbranched alkanes of at least 4 members (excludes halogenated alkanes) is 18. The van der Waals surface area contributed by atoms with Crippen LogP contribution in [0.25, 0.3) is 0 Å². The Morgan fingerprint density at radius 3 is 1.58 bits per heavy atom. The van der Waals surface area contributed by atoms with E-state index in [2.05, 4.69) is 50.3 Å². The first-order chi connectivity index (χ1) is 25.1. The molecule has 0 amide bonds. The third-order valence-electron chi connectivity index (χ3n) is 9.29. The van der Waals surface area contributed by atoms with Crippen LogP contribution in [0.4, 0.5) is 0 Å². The van der Waals surface area contributed by atoms with Crippen molar-refractivity contribution in [1.82, 2.24) is 0 Å². The molecule has 2 atom stereocenters. The molecule has 0 fully saturated rings. The highest BCUT2D eigenvalue weighted by atomic mass is 16.6. The van der Waals surface area contributed by atoms with Crippen LogP contribution in [0.15, 0.2) is 36.5 Å². The Hall–Kier alpha value is -2.45. The lowest BCUT2D eigenvalue weighted by Crippen LogP contribution is -2.50. The molecule has 0 saturated heterocycles. The van der Waals surface area contributed by atoms with Gasteiger partial charge in [0.1, 0.15) is 6.61 Å². The number of carboxylic acids is 1. The molecule has 0 aliphatic heterocycles. The lowest BCUT2D eigenvalue weighted by molar-refractivity contribution is -0.887. The van der Waals surface area contributed by atoms with Crippen LogP contribution < -0.4 is 0 Å². The summed E-state index contributed by atoms with van der Waals surface area (Å²) < 4.78 is 17.2. The molecular weight excluding hydrogens is 654 g/mol. The Balaban J connectivity index is 4.36. The number of nitrogens with zero attached hydrogens (tertiary/aromatic N) is 1. The summed E-state index contributed by atoms with van der Waals surface area (Å²) in [6.07, 6.45) is 39.0. The molecule has 1 N–H and O–H groups in total. The van der Waals surface area contributed by atoms with Gasteiger partial charge in [-0.25, -0.2) is 4.79 Å². The highest BCUT2D eigenvalue weighted by Crippen LogP contribution is 2.13. The summed E-state index contributed by atoms with van der Waals surface area (Å²) in [6.45, 7) is 4.64. The summed E-state index contributed by atoms with van der Waals surface area (Å²) in [6, 6.07) is -0.618. The molecule has 0 heterocycles. The Kier molecular flexibility index (Phi) is 33.9. The topological polar surface area (TPSA) is 99.1 Å². The lowest BCUT2D eigenvalue weighted by atomic mass is 10.1. The first-order valence-corrected chi connectivity index (χ1v) is 21.0. The van der Waals surface area contributed by atoms with Crippen LogP contribution in [0.5, 0.6) is 0 Å². The second-order valence-corrected chi connectivity index (χ2v) is 15.3. The minimum atomic E-state index is -0.881. The monoisotopic (exact) mass is 735 g/mol. The second-order valence-electron chi connectivity index (χ2n) is 15.3. The van der Waals surface area contributed by atoms with Crippen LogP contribution in [-0.4, -0.2) is 80.6 Å². The number of carbonyl (C=O) groups is 3. The van der Waals surface area contributed by atoms with Crippen molar-refractivity contribution in [1.29, 1.82) is 0 Å². The maximum absolute atomic E-state index is 12.6. The zero-order valence-corrected chi connectivity index (χ0v) is 34.3. The first-order valence-electron chi connectivity index (χ1n) is 21.0. The van der Waals surface area contributed by atoms with Gasteiger partial charge in [-0.05, 0) is 57.8 Å². The number of rotatable bonds is 37. The number of aliphatic carboxylic acids is 1. The van der Waals surface area contributed by atoms with E-state index in [1.54, 1.807) is 0 Å². The number of esters is 2. The van der Waals surface area contributed by atoms with Gasteiger partial charge in [0.15, 0.2) is 12.1 Å². The summed E-state index contributed by atoms with van der Waals surface area (Å²) >= 11 is 0. The molecule has 0 aromatic carbocycles. The highest BCUT2D eigenvalue weighted by molar-refractivity contribution is 5.72. The van der Waals surface area contributed by atoms with E-state index >= 15 is 0 Å². The van der Waals surface area contributed by atoms with Crippen molar-refractivity contribution in [3.05, 3.63) is 36.5 Å². The predicted molar refractivity (Wildman–Crippen MR) is 215 cm³/mol. The Morgan fingerprint density at radius 1 is 0.577 bits per heavy atom. The van der Waals surface area contributed by atoms with Gasteiger partial charge < -0.3 is 23.8 Å². The van der Waals surface area contributed by atoms with Crippen LogP contribution >= 0.6 is 0 Å². The summed E-state index contributed by atoms with van der Waals surface area (Å²) in [7, 11) is 5.51. The molecule has 0 bridgehead atoms. The largest absolute Gasteiger partial charge is 0.477 e. The number of quaternary nitrogens is 1. The number of hydrogen-bond donors (Lipinski definition) is 1. The van der Waals surface area contributed by atoms with Gasteiger partial charge in [-0.1, -0.05) is 134 Å². The van der Waals surface area contributed by atoms with Crippen molar-refractivity contribution >= 4 is 17.9 Å². The third kappa shape index (κ3) is 33.4. The van der Waals surface area contributed by atoms with Gasteiger partial charge in [0, 0.05) is 19.3 Å². The molecule has 0 aliphatic carbocycles. The number of allylic oxidation sites excluding steroid dienone is 6. The van der Waals surface area contributed by atoms with Crippen LogP contribution in [0.3, 0.4) is 0 Å². The van der Waals surface area contributed by atoms with Crippen molar-refractivity contribution in [3.8, 4) is 0 Å². The van der Waals surface area contributed by atoms with Gasteiger partial charge in [0.05, 0.1) is 34.4 Å². The number of hydrogen-bond acceptors (Lipinski definition) is 6. The molecule has 0 spiro atoms.